The van der Waals surface area contributed by atoms with Gasteiger partial charge in [0.1, 0.15) is 11.2 Å². The Balaban J connectivity index is 1.44. The Morgan fingerprint density at radius 1 is 0.382 bits per heavy atom. The summed E-state index contributed by atoms with van der Waals surface area (Å²) >= 11 is 0. The van der Waals surface area contributed by atoms with Gasteiger partial charge in [-0.1, -0.05) is 72.8 Å². The third-order valence-electron chi connectivity index (χ3n) is 6.59. The third-order valence-corrected chi connectivity index (χ3v) is 6.59. The molecule has 1 heterocycles. The van der Waals surface area contributed by atoms with Crippen LogP contribution in [-0.2, 0) is 0 Å². The van der Waals surface area contributed by atoms with Crippen molar-refractivity contribution in [2.45, 2.75) is 0 Å². The van der Waals surface area contributed by atoms with E-state index in [1.165, 1.54) is 21.5 Å². The summed E-state index contributed by atoms with van der Waals surface area (Å²) in [5.41, 5.74) is 5.11. The van der Waals surface area contributed by atoms with Crippen molar-refractivity contribution in [3.8, 4) is 0 Å². The average molecular weight is 436 g/mol. The van der Waals surface area contributed by atoms with Gasteiger partial charge < -0.3 is 9.32 Å². The maximum absolute atomic E-state index is 6.37. The van der Waals surface area contributed by atoms with Crippen molar-refractivity contribution >= 4 is 60.5 Å². The Morgan fingerprint density at radius 2 is 0.971 bits per heavy atom. The van der Waals surface area contributed by atoms with Crippen LogP contribution in [0.4, 0.5) is 17.1 Å². The Hall–Kier alpha value is -4.56. The molecule has 0 unspecified atom stereocenters. The average Bonchev–Trinajstić information content (AvgIpc) is 3.24. The van der Waals surface area contributed by atoms with Gasteiger partial charge in [0, 0.05) is 33.9 Å². The molecule has 2 nitrogen and oxygen atoms in total. The summed E-state index contributed by atoms with van der Waals surface area (Å²) in [6.07, 6.45) is 0. The molecule has 0 atom stereocenters. The van der Waals surface area contributed by atoms with Gasteiger partial charge in [-0.25, -0.2) is 0 Å². The number of furan rings is 1. The molecule has 0 saturated heterocycles. The van der Waals surface area contributed by atoms with Gasteiger partial charge in [0.15, 0.2) is 0 Å². The van der Waals surface area contributed by atoms with Crippen molar-refractivity contribution < 1.29 is 4.42 Å². The van der Waals surface area contributed by atoms with Crippen LogP contribution in [0.1, 0.15) is 0 Å². The van der Waals surface area contributed by atoms with E-state index in [-0.39, 0.29) is 0 Å². The molecule has 160 valence electrons. The van der Waals surface area contributed by atoms with Gasteiger partial charge in [0.2, 0.25) is 0 Å². The van der Waals surface area contributed by atoms with E-state index in [0.717, 1.165) is 39.0 Å². The molecule has 34 heavy (non-hydrogen) atoms. The van der Waals surface area contributed by atoms with E-state index in [0.29, 0.717) is 0 Å². The highest BCUT2D eigenvalue weighted by Crippen LogP contribution is 2.39. The molecule has 0 N–H and O–H groups in total. The molecule has 0 amide bonds. The maximum atomic E-state index is 6.37. The molecular formula is C32H21NO. The predicted octanol–water partition coefficient (Wildman–Crippen LogP) is 9.36. The van der Waals surface area contributed by atoms with Crippen molar-refractivity contribution in [1.29, 1.82) is 0 Å². The monoisotopic (exact) mass is 435 g/mol. The van der Waals surface area contributed by atoms with Crippen LogP contribution in [0.3, 0.4) is 0 Å². The first kappa shape index (κ1) is 19.0. The van der Waals surface area contributed by atoms with Crippen LogP contribution in [0.2, 0.25) is 0 Å². The number of hydrogen-bond donors (Lipinski definition) is 0. The molecular weight excluding hydrogens is 414 g/mol. The van der Waals surface area contributed by atoms with Crippen LogP contribution >= 0.6 is 0 Å². The highest BCUT2D eigenvalue weighted by Gasteiger charge is 2.16. The zero-order chi connectivity index (χ0) is 22.5. The van der Waals surface area contributed by atoms with Crippen molar-refractivity contribution in [3.63, 3.8) is 0 Å². The lowest BCUT2D eigenvalue weighted by molar-refractivity contribution is 0.669. The van der Waals surface area contributed by atoms with Crippen molar-refractivity contribution in [2.75, 3.05) is 4.90 Å². The van der Waals surface area contributed by atoms with Gasteiger partial charge >= 0.3 is 0 Å². The van der Waals surface area contributed by atoms with E-state index in [9.17, 15) is 0 Å². The topological polar surface area (TPSA) is 16.4 Å². The second-order valence-corrected chi connectivity index (χ2v) is 8.68. The molecule has 6 aromatic carbocycles. The second-order valence-electron chi connectivity index (χ2n) is 8.68. The van der Waals surface area contributed by atoms with Crippen LogP contribution in [0, 0.1) is 0 Å². The lowest BCUT2D eigenvalue weighted by atomic mass is 10.1. The van der Waals surface area contributed by atoms with Crippen molar-refractivity contribution in [2.24, 2.45) is 0 Å². The molecule has 0 aliphatic rings. The smallest absolute Gasteiger partial charge is 0.137 e. The van der Waals surface area contributed by atoms with Gasteiger partial charge in [-0.2, -0.15) is 0 Å². The van der Waals surface area contributed by atoms with Crippen LogP contribution in [0.25, 0.3) is 43.5 Å². The predicted molar refractivity (Wildman–Crippen MR) is 143 cm³/mol. The summed E-state index contributed by atoms with van der Waals surface area (Å²) in [6.45, 7) is 0. The van der Waals surface area contributed by atoms with E-state index in [1.54, 1.807) is 0 Å². The van der Waals surface area contributed by atoms with E-state index < -0.39 is 0 Å². The molecule has 7 aromatic rings. The minimum absolute atomic E-state index is 0.893. The fourth-order valence-electron chi connectivity index (χ4n) is 4.93. The molecule has 0 bridgehead atoms. The van der Waals surface area contributed by atoms with Gasteiger partial charge in [0.05, 0.1) is 0 Å². The highest BCUT2D eigenvalue weighted by molar-refractivity contribution is 6.10. The number of anilines is 3. The number of nitrogens with zero attached hydrogens (tertiary/aromatic N) is 1. The van der Waals surface area contributed by atoms with E-state index in [1.807, 2.05) is 0 Å². The Bertz CT molecular complexity index is 1810. The summed E-state index contributed by atoms with van der Waals surface area (Å²) in [7, 11) is 0. The second kappa shape index (κ2) is 7.50. The van der Waals surface area contributed by atoms with E-state index in [2.05, 4.69) is 132 Å². The number of rotatable bonds is 3. The fraction of sp³-hybridized carbons (Fsp3) is 0. The van der Waals surface area contributed by atoms with Crippen molar-refractivity contribution in [3.05, 3.63) is 127 Å². The molecule has 1 aromatic heterocycles. The third kappa shape index (κ3) is 3.04. The molecule has 0 spiro atoms. The standard InChI is InChI=1S/C32H21NO/c1-2-12-26(13-3-1)33(27-15-14-22-8-4-5-9-23(22)18-27)28-16-17-29-30-19-24-10-6-7-11-25(24)20-31(30)34-32(29)21-28/h1-21H. The van der Waals surface area contributed by atoms with E-state index in [4.69, 9.17) is 4.42 Å². The Morgan fingerprint density at radius 3 is 1.76 bits per heavy atom. The lowest BCUT2D eigenvalue weighted by Crippen LogP contribution is -2.09. The minimum atomic E-state index is 0.893. The van der Waals surface area contributed by atoms with Gasteiger partial charge in [-0.3, -0.25) is 0 Å². The molecule has 0 aliphatic heterocycles. The number of fused-ring (bicyclic) bond motifs is 5. The largest absolute Gasteiger partial charge is 0.456 e. The van der Waals surface area contributed by atoms with Gasteiger partial charge in [-0.05, 0) is 70.1 Å². The normalized spacial score (nSPS) is 11.5. The van der Waals surface area contributed by atoms with Crippen LogP contribution in [-0.4, -0.2) is 0 Å². The number of hydrogen-bond acceptors (Lipinski definition) is 2. The Labute approximate surface area is 197 Å². The Kier molecular flexibility index (Phi) is 4.18. The number of benzene rings is 6. The molecule has 0 saturated carbocycles. The zero-order valence-electron chi connectivity index (χ0n) is 18.5. The molecule has 0 fully saturated rings. The summed E-state index contributed by atoms with van der Waals surface area (Å²) < 4.78 is 6.37. The summed E-state index contributed by atoms with van der Waals surface area (Å²) in [5.74, 6) is 0. The molecule has 0 aliphatic carbocycles. The SMILES string of the molecule is c1ccc(N(c2ccc3ccccc3c2)c2ccc3c(c2)oc2cc4ccccc4cc23)cc1. The zero-order valence-corrected chi connectivity index (χ0v) is 18.5. The first-order valence-corrected chi connectivity index (χ1v) is 11.5. The first-order chi connectivity index (χ1) is 16.8. The quantitative estimate of drug-likeness (QED) is 0.275. The maximum Gasteiger partial charge on any atom is 0.137 e. The van der Waals surface area contributed by atoms with Crippen LogP contribution in [0.5, 0.6) is 0 Å². The van der Waals surface area contributed by atoms with Crippen molar-refractivity contribution in [1.82, 2.24) is 0 Å². The molecule has 0 radical (unpaired) electrons. The summed E-state index contributed by atoms with van der Waals surface area (Å²) in [6, 6.07) is 44.9. The number of para-hydroxylation sites is 1. The highest BCUT2D eigenvalue weighted by atomic mass is 16.3. The van der Waals surface area contributed by atoms with Crippen LogP contribution < -0.4 is 4.90 Å². The minimum Gasteiger partial charge on any atom is -0.456 e. The van der Waals surface area contributed by atoms with Crippen LogP contribution in [0.15, 0.2) is 132 Å². The summed E-state index contributed by atoms with van der Waals surface area (Å²) in [4.78, 5) is 2.29. The summed E-state index contributed by atoms with van der Waals surface area (Å²) in [5, 5.41) is 7.16. The first-order valence-electron chi connectivity index (χ1n) is 11.5. The lowest BCUT2D eigenvalue weighted by Gasteiger charge is -2.25. The fourth-order valence-corrected chi connectivity index (χ4v) is 4.93. The van der Waals surface area contributed by atoms with Gasteiger partial charge in [-0.15, -0.1) is 0 Å². The molecule has 2 heteroatoms. The molecule has 7 rings (SSSR count). The van der Waals surface area contributed by atoms with E-state index >= 15 is 0 Å². The van der Waals surface area contributed by atoms with Gasteiger partial charge in [0.25, 0.3) is 0 Å².